The molecule has 6 heteroatoms. The Balaban J connectivity index is 1.31. The molecule has 0 spiro atoms. The number of hydrogen-bond acceptors (Lipinski definition) is 4. The fraction of sp³-hybridized carbons (Fsp3) is 0.600. The van der Waals surface area contributed by atoms with Crippen LogP contribution < -0.4 is 0 Å². The van der Waals surface area contributed by atoms with Gasteiger partial charge in [-0.15, -0.1) is 0 Å². The number of carbonyl (C=O) groups is 2. The van der Waals surface area contributed by atoms with E-state index in [4.69, 9.17) is 4.74 Å². The number of hydrogen-bond donors (Lipinski definition) is 1. The lowest BCUT2D eigenvalue weighted by Crippen LogP contribution is -2.65. The molecule has 1 N–H and O–H groups in total. The Morgan fingerprint density at radius 1 is 1.23 bits per heavy atom. The standard InChI is InChI=1S/C20H25N3O3/c24-19-15-10-13(17-5-1-2-8-23(17)19)12-22-9-6-14(11-18(15)22)26-20(25)16-4-3-7-21-16/h2-4,7-8,13-15,17-18,21H,1,5-6,9-12H2/t13-,14+,15+,17-,18+/m1/s1. The number of allylic oxidation sites excluding steroid dienone is 1. The summed E-state index contributed by atoms with van der Waals surface area (Å²) in [5, 5.41) is 0. The van der Waals surface area contributed by atoms with Crippen molar-refractivity contribution in [3.63, 3.8) is 0 Å². The van der Waals surface area contributed by atoms with Crippen LogP contribution in [0.15, 0.2) is 30.6 Å². The van der Waals surface area contributed by atoms with E-state index in [0.29, 0.717) is 17.7 Å². The van der Waals surface area contributed by atoms with Crippen molar-refractivity contribution in [2.24, 2.45) is 11.8 Å². The summed E-state index contributed by atoms with van der Waals surface area (Å²) in [6.45, 7) is 1.98. The molecule has 6 nitrogen and oxygen atoms in total. The van der Waals surface area contributed by atoms with Crippen molar-refractivity contribution in [2.45, 2.75) is 50.3 Å². The molecule has 0 saturated carbocycles. The second kappa shape index (κ2) is 6.27. The molecule has 0 aliphatic carbocycles. The summed E-state index contributed by atoms with van der Waals surface area (Å²) in [6, 6.07) is 4.11. The minimum Gasteiger partial charge on any atom is -0.458 e. The topological polar surface area (TPSA) is 65.6 Å². The maximum Gasteiger partial charge on any atom is 0.355 e. The van der Waals surface area contributed by atoms with E-state index in [1.807, 2.05) is 11.1 Å². The van der Waals surface area contributed by atoms with Gasteiger partial charge in [-0.3, -0.25) is 9.69 Å². The average Bonchev–Trinajstić information content (AvgIpc) is 3.21. The number of ether oxygens (including phenoxy) is 1. The van der Waals surface area contributed by atoms with E-state index in [1.165, 1.54) is 0 Å². The fourth-order valence-corrected chi connectivity index (χ4v) is 5.44. The predicted molar refractivity (Wildman–Crippen MR) is 95.2 cm³/mol. The summed E-state index contributed by atoms with van der Waals surface area (Å²) in [6.07, 6.45) is 10.5. The highest BCUT2D eigenvalue weighted by Gasteiger charge is 2.51. The molecule has 2 bridgehead atoms. The first-order valence-corrected chi connectivity index (χ1v) is 9.78. The number of H-pyrrole nitrogens is 1. The number of nitrogens with zero attached hydrogens (tertiary/aromatic N) is 2. The van der Waals surface area contributed by atoms with E-state index < -0.39 is 0 Å². The SMILES string of the molecule is O=C(O[C@H]1CCN2C[C@H]3C[C@H](C(=O)N4C=CCC[C@H]34)[C@@H]2C1)c1ccc[nH]1. The zero-order valence-corrected chi connectivity index (χ0v) is 14.8. The zero-order chi connectivity index (χ0) is 17.7. The number of piperidine rings is 3. The fourth-order valence-electron chi connectivity index (χ4n) is 5.44. The van der Waals surface area contributed by atoms with Crippen molar-refractivity contribution in [2.75, 3.05) is 13.1 Å². The third-order valence-electron chi connectivity index (χ3n) is 6.66. The van der Waals surface area contributed by atoms with Crippen LogP contribution >= 0.6 is 0 Å². The van der Waals surface area contributed by atoms with Gasteiger partial charge in [-0.05, 0) is 43.7 Å². The lowest BCUT2D eigenvalue weighted by atomic mass is 9.70. The number of carbonyl (C=O) groups excluding carboxylic acids is 2. The van der Waals surface area contributed by atoms with E-state index in [2.05, 4.69) is 16.0 Å². The zero-order valence-electron chi connectivity index (χ0n) is 14.8. The Bertz CT molecular complexity index is 729. The smallest absolute Gasteiger partial charge is 0.355 e. The molecule has 1 amide bonds. The van der Waals surface area contributed by atoms with Crippen LogP contribution in [-0.2, 0) is 9.53 Å². The summed E-state index contributed by atoms with van der Waals surface area (Å²) < 4.78 is 5.73. The molecule has 1 aromatic rings. The van der Waals surface area contributed by atoms with Gasteiger partial charge in [-0.25, -0.2) is 4.79 Å². The molecular formula is C20H25N3O3. The van der Waals surface area contributed by atoms with Crippen LogP contribution in [0.5, 0.6) is 0 Å². The number of esters is 1. The van der Waals surface area contributed by atoms with Crippen LogP contribution in [-0.4, -0.2) is 57.9 Å². The molecule has 4 aliphatic rings. The van der Waals surface area contributed by atoms with Crippen LogP contribution in [0.25, 0.3) is 0 Å². The van der Waals surface area contributed by atoms with Crippen molar-refractivity contribution in [1.29, 1.82) is 0 Å². The second-order valence-corrected chi connectivity index (χ2v) is 8.08. The molecule has 3 fully saturated rings. The number of rotatable bonds is 2. The van der Waals surface area contributed by atoms with Gasteiger partial charge in [0.2, 0.25) is 5.91 Å². The van der Waals surface area contributed by atoms with Crippen molar-refractivity contribution >= 4 is 11.9 Å². The third kappa shape index (κ3) is 2.58. The van der Waals surface area contributed by atoms with E-state index >= 15 is 0 Å². The Kier molecular flexibility index (Phi) is 3.89. The molecule has 4 aliphatic heterocycles. The first kappa shape index (κ1) is 16.1. The van der Waals surface area contributed by atoms with Crippen LogP contribution in [0.3, 0.4) is 0 Å². The predicted octanol–water partition coefficient (Wildman–Crippen LogP) is 2.16. The molecule has 5 atom stereocenters. The number of aromatic amines is 1. The van der Waals surface area contributed by atoms with Crippen LogP contribution in [0.4, 0.5) is 0 Å². The lowest BCUT2D eigenvalue weighted by Gasteiger charge is -2.55. The number of fused-ring (bicyclic) bond motifs is 6. The highest BCUT2D eigenvalue weighted by Crippen LogP contribution is 2.43. The monoisotopic (exact) mass is 355 g/mol. The molecule has 5 rings (SSSR count). The molecule has 0 unspecified atom stereocenters. The number of amides is 1. The van der Waals surface area contributed by atoms with Gasteiger partial charge in [0.05, 0.1) is 5.92 Å². The highest BCUT2D eigenvalue weighted by atomic mass is 16.5. The van der Waals surface area contributed by atoms with Gasteiger partial charge in [0.15, 0.2) is 0 Å². The quantitative estimate of drug-likeness (QED) is 0.826. The Labute approximate surface area is 153 Å². The molecule has 3 saturated heterocycles. The molecule has 1 aromatic heterocycles. The van der Waals surface area contributed by atoms with Crippen molar-refractivity contribution in [1.82, 2.24) is 14.8 Å². The van der Waals surface area contributed by atoms with Crippen molar-refractivity contribution in [3.05, 3.63) is 36.3 Å². The Hall–Kier alpha value is -2.08. The van der Waals surface area contributed by atoms with Gasteiger partial charge in [0.1, 0.15) is 11.8 Å². The first-order valence-electron chi connectivity index (χ1n) is 9.78. The minimum atomic E-state index is -0.295. The summed E-state index contributed by atoms with van der Waals surface area (Å²) in [7, 11) is 0. The third-order valence-corrected chi connectivity index (χ3v) is 6.66. The Morgan fingerprint density at radius 3 is 3.00 bits per heavy atom. The van der Waals surface area contributed by atoms with E-state index in [9.17, 15) is 9.59 Å². The van der Waals surface area contributed by atoms with Gasteiger partial charge >= 0.3 is 5.97 Å². The van der Waals surface area contributed by atoms with Gasteiger partial charge < -0.3 is 14.6 Å². The van der Waals surface area contributed by atoms with Crippen LogP contribution in [0.2, 0.25) is 0 Å². The van der Waals surface area contributed by atoms with Crippen molar-refractivity contribution < 1.29 is 14.3 Å². The van der Waals surface area contributed by atoms with Gasteiger partial charge in [-0.2, -0.15) is 0 Å². The summed E-state index contributed by atoms with van der Waals surface area (Å²) in [4.78, 5) is 32.7. The number of aromatic nitrogens is 1. The molecule has 26 heavy (non-hydrogen) atoms. The van der Waals surface area contributed by atoms with E-state index in [1.54, 1.807) is 18.3 Å². The molecular weight excluding hydrogens is 330 g/mol. The molecule has 0 radical (unpaired) electrons. The van der Waals surface area contributed by atoms with Gasteiger partial charge in [0, 0.05) is 44.0 Å². The molecule has 0 aromatic carbocycles. The first-order chi connectivity index (χ1) is 12.7. The largest absolute Gasteiger partial charge is 0.458 e. The van der Waals surface area contributed by atoms with Gasteiger partial charge in [-0.1, -0.05) is 6.08 Å². The maximum atomic E-state index is 13.1. The second-order valence-electron chi connectivity index (χ2n) is 8.08. The van der Waals surface area contributed by atoms with E-state index in [0.717, 1.165) is 45.2 Å². The van der Waals surface area contributed by atoms with Crippen LogP contribution in [0, 0.1) is 11.8 Å². The highest BCUT2D eigenvalue weighted by molar-refractivity contribution is 5.87. The summed E-state index contributed by atoms with van der Waals surface area (Å²) in [5.74, 6) is 0.598. The van der Waals surface area contributed by atoms with E-state index in [-0.39, 0.29) is 29.9 Å². The summed E-state index contributed by atoms with van der Waals surface area (Å²) >= 11 is 0. The minimum absolute atomic E-state index is 0.0414. The number of nitrogens with one attached hydrogen (secondary N) is 1. The molecule has 5 heterocycles. The summed E-state index contributed by atoms with van der Waals surface area (Å²) in [5.41, 5.74) is 0.492. The van der Waals surface area contributed by atoms with Crippen molar-refractivity contribution in [3.8, 4) is 0 Å². The van der Waals surface area contributed by atoms with Crippen LogP contribution in [0.1, 0.15) is 42.6 Å². The Morgan fingerprint density at radius 2 is 2.15 bits per heavy atom. The lowest BCUT2D eigenvalue weighted by molar-refractivity contribution is -0.154. The normalized spacial score (nSPS) is 36.4. The van der Waals surface area contributed by atoms with Gasteiger partial charge in [0.25, 0.3) is 0 Å². The maximum absolute atomic E-state index is 13.1. The molecule has 138 valence electrons. The average molecular weight is 355 g/mol.